The van der Waals surface area contributed by atoms with Crippen LogP contribution in [-0.4, -0.2) is 7.11 Å². The molecule has 0 radical (unpaired) electrons. The molecule has 2 aromatic rings. The monoisotopic (exact) mass is 248 g/mol. The van der Waals surface area contributed by atoms with Crippen molar-refractivity contribution in [2.45, 2.75) is 20.5 Å². The van der Waals surface area contributed by atoms with Crippen LogP contribution in [0.5, 0.6) is 11.5 Å². The second-order valence-electron chi connectivity index (χ2n) is 3.93. The number of methoxy groups -OCH3 is 1. The van der Waals surface area contributed by atoms with Gasteiger partial charge in [0.05, 0.1) is 7.11 Å². The molecule has 0 unspecified atom stereocenters. The highest BCUT2D eigenvalue weighted by atomic mass is 32.1. The largest absolute Gasteiger partial charge is 0.497 e. The van der Waals surface area contributed by atoms with Crippen LogP contribution in [0.15, 0.2) is 30.3 Å². The van der Waals surface area contributed by atoms with Crippen LogP contribution < -0.4 is 9.47 Å². The molecule has 0 fully saturated rings. The molecule has 0 N–H and O–H groups in total. The third-order valence-electron chi connectivity index (χ3n) is 2.55. The van der Waals surface area contributed by atoms with E-state index in [0.717, 1.165) is 11.5 Å². The van der Waals surface area contributed by atoms with Gasteiger partial charge in [-0.2, -0.15) is 0 Å². The van der Waals surface area contributed by atoms with Crippen LogP contribution in [0.3, 0.4) is 0 Å². The normalized spacial score (nSPS) is 10.3. The summed E-state index contributed by atoms with van der Waals surface area (Å²) in [5, 5.41) is 0. The second kappa shape index (κ2) is 5.23. The fourth-order valence-electron chi connectivity index (χ4n) is 1.67. The number of benzene rings is 1. The molecule has 2 rings (SSSR count). The number of rotatable bonds is 4. The minimum Gasteiger partial charge on any atom is -0.497 e. The zero-order valence-electron chi connectivity index (χ0n) is 10.3. The van der Waals surface area contributed by atoms with Gasteiger partial charge in [0.2, 0.25) is 0 Å². The predicted octanol–water partition coefficient (Wildman–Crippen LogP) is 3.95. The molecule has 0 aliphatic rings. The number of aryl methyl sites for hydroxylation is 2. The van der Waals surface area contributed by atoms with Crippen LogP contribution in [0.2, 0.25) is 0 Å². The lowest BCUT2D eigenvalue weighted by molar-refractivity contribution is 0.306. The van der Waals surface area contributed by atoms with Crippen molar-refractivity contribution < 1.29 is 9.47 Å². The van der Waals surface area contributed by atoms with E-state index in [9.17, 15) is 0 Å². The fourth-order valence-corrected chi connectivity index (χ4v) is 2.63. The van der Waals surface area contributed by atoms with E-state index in [0.29, 0.717) is 6.61 Å². The number of hydrogen-bond donors (Lipinski definition) is 0. The van der Waals surface area contributed by atoms with Crippen LogP contribution in [0.4, 0.5) is 0 Å². The van der Waals surface area contributed by atoms with Gasteiger partial charge in [0, 0.05) is 15.8 Å². The number of thiophene rings is 1. The molecule has 0 amide bonds. The van der Waals surface area contributed by atoms with E-state index in [4.69, 9.17) is 9.47 Å². The zero-order chi connectivity index (χ0) is 12.3. The van der Waals surface area contributed by atoms with Gasteiger partial charge < -0.3 is 9.47 Å². The molecular formula is C14H16O2S. The Morgan fingerprint density at radius 1 is 1.12 bits per heavy atom. The molecule has 0 atom stereocenters. The standard InChI is InChI=1S/C14H16O2S/c1-10-7-11(2)17-14(10)9-16-13-6-4-5-12(8-13)15-3/h4-8H,9H2,1-3H3. The first-order valence-electron chi connectivity index (χ1n) is 5.52. The van der Waals surface area contributed by atoms with E-state index in [-0.39, 0.29) is 0 Å². The van der Waals surface area contributed by atoms with Crippen LogP contribution in [0.25, 0.3) is 0 Å². The van der Waals surface area contributed by atoms with E-state index < -0.39 is 0 Å². The fraction of sp³-hybridized carbons (Fsp3) is 0.286. The maximum absolute atomic E-state index is 5.76. The Kier molecular flexibility index (Phi) is 3.69. The molecule has 2 nitrogen and oxygen atoms in total. The first kappa shape index (κ1) is 12.0. The smallest absolute Gasteiger partial charge is 0.123 e. The van der Waals surface area contributed by atoms with Crippen molar-refractivity contribution in [2.24, 2.45) is 0 Å². The van der Waals surface area contributed by atoms with Gasteiger partial charge in [-0.3, -0.25) is 0 Å². The third kappa shape index (κ3) is 3.01. The molecule has 0 aliphatic carbocycles. The van der Waals surface area contributed by atoms with Gasteiger partial charge in [0.1, 0.15) is 18.1 Å². The molecule has 3 heteroatoms. The van der Waals surface area contributed by atoms with E-state index in [1.165, 1.54) is 15.3 Å². The average molecular weight is 248 g/mol. The van der Waals surface area contributed by atoms with Gasteiger partial charge in [-0.25, -0.2) is 0 Å². The molecule has 1 heterocycles. The van der Waals surface area contributed by atoms with Crippen LogP contribution in [0, 0.1) is 13.8 Å². The molecule has 0 bridgehead atoms. The summed E-state index contributed by atoms with van der Waals surface area (Å²) in [4.78, 5) is 2.61. The number of ether oxygens (including phenoxy) is 2. The Hall–Kier alpha value is -1.48. The van der Waals surface area contributed by atoms with E-state index >= 15 is 0 Å². The van der Waals surface area contributed by atoms with Gasteiger partial charge >= 0.3 is 0 Å². The van der Waals surface area contributed by atoms with E-state index in [1.54, 1.807) is 18.4 Å². The maximum Gasteiger partial charge on any atom is 0.123 e. The van der Waals surface area contributed by atoms with E-state index in [1.807, 2.05) is 24.3 Å². The van der Waals surface area contributed by atoms with Crippen LogP contribution in [-0.2, 0) is 6.61 Å². The first-order chi connectivity index (χ1) is 8.19. The molecule has 0 spiro atoms. The minimum atomic E-state index is 0.623. The van der Waals surface area contributed by atoms with Crippen LogP contribution >= 0.6 is 11.3 Å². The molecule has 90 valence electrons. The SMILES string of the molecule is COc1cccc(OCc2sc(C)cc2C)c1. The lowest BCUT2D eigenvalue weighted by atomic mass is 10.3. The highest BCUT2D eigenvalue weighted by molar-refractivity contribution is 7.12. The summed E-state index contributed by atoms with van der Waals surface area (Å²) in [7, 11) is 1.66. The summed E-state index contributed by atoms with van der Waals surface area (Å²) in [6, 6.07) is 9.87. The Bertz CT molecular complexity index is 503. The van der Waals surface area contributed by atoms with Gasteiger partial charge in [0.25, 0.3) is 0 Å². The molecule has 1 aromatic carbocycles. The molecule has 0 saturated heterocycles. The second-order valence-corrected chi connectivity index (χ2v) is 5.27. The summed E-state index contributed by atoms with van der Waals surface area (Å²) < 4.78 is 10.9. The highest BCUT2D eigenvalue weighted by Crippen LogP contribution is 2.24. The summed E-state index contributed by atoms with van der Waals surface area (Å²) in [6.07, 6.45) is 0. The van der Waals surface area contributed by atoms with Gasteiger partial charge in [-0.15, -0.1) is 11.3 Å². The Morgan fingerprint density at radius 2 is 1.88 bits per heavy atom. The van der Waals surface area contributed by atoms with Gasteiger partial charge in [0.15, 0.2) is 0 Å². The average Bonchev–Trinajstić information content (AvgIpc) is 2.65. The van der Waals surface area contributed by atoms with Gasteiger partial charge in [-0.1, -0.05) is 6.07 Å². The molecule has 0 aliphatic heterocycles. The Labute approximate surface area is 106 Å². The maximum atomic E-state index is 5.76. The lowest BCUT2D eigenvalue weighted by Crippen LogP contribution is -1.94. The van der Waals surface area contributed by atoms with Crippen molar-refractivity contribution in [2.75, 3.05) is 7.11 Å². The topological polar surface area (TPSA) is 18.5 Å². The first-order valence-corrected chi connectivity index (χ1v) is 6.33. The van der Waals surface area contributed by atoms with Crippen molar-refractivity contribution in [3.8, 4) is 11.5 Å². The highest BCUT2D eigenvalue weighted by Gasteiger charge is 2.04. The Morgan fingerprint density at radius 3 is 2.53 bits per heavy atom. The number of hydrogen-bond acceptors (Lipinski definition) is 3. The van der Waals surface area contributed by atoms with Crippen molar-refractivity contribution in [3.63, 3.8) is 0 Å². The molecule has 17 heavy (non-hydrogen) atoms. The quantitative estimate of drug-likeness (QED) is 0.815. The molecular weight excluding hydrogens is 232 g/mol. The van der Waals surface area contributed by atoms with Crippen molar-refractivity contribution >= 4 is 11.3 Å². The van der Waals surface area contributed by atoms with Crippen LogP contribution in [0.1, 0.15) is 15.3 Å². The van der Waals surface area contributed by atoms with E-state index in [2.05, 4.69) is 19.9 Å². The third-order valence-corrected chi connectivity index (χ3v) is 3.68. The zero-order valence-corrected chi connectivity index (χ0v) is 11.1. The van der Waals surface area contributed by atoms with Crippen molar-refractivity contribution in [1.29, 1.82) is 0 Å². The van der Waals surface area contributed by atoms with Gasteiger partial charge in [-0.05, 0) is 37.6 Å². The summed E-state index contributed by atoms with van der Waals surface area (Å²) in [5.74, 6) is 1.66. The Balaban J connectivity index is 2.04. The minimum absolute atomic E-state index is 0.623. The summed E-state index contributed by atoms with van der Waals surface area (Å²) in [5.41, 5.74) is 1.30. The van der Waals surface area contributed by atoms with Crippen molar-refractivity contribution in [3.05, 3.63) is 45.6 Å². The lowest BCUT2D eigenvalue weighted by Gasteiger charge is -2.07. The summed E-state index contributed by atoms with van der Waals surface area (Å²) in [6.45, 7) is 4.86. The predicted molar refractivity (Wildman–Crippen MR) is 71.1 cm³/mol. The molecule has 1 aromatic heterocycles. The summed E-state index contributed by atoms with van der Waals surface area (Å²) >= 11 is 1.79. The van der Waals surface area contributed by atoms with Crippen molar-refractivity contribution in [1.82, 2.24) is 0 Å². The molecule has 0 saturated carbocycles.